The molecule has 5 heteroatoms. The summed E-state index contributed by atoms with van der Waals surface area (Å²) in [5, 5.41) is 0.216. The first-order valence-corrected chi connectivity index (χ1v) is 10.5. The quantitative estimate of drug-likeness (QED) is 0.784. The molecule has 3 aliphatic rings. The molecule has 0 radical (unpaired) electrons. The Bertz CT molecular complexity index is 421. The second-order valence-electron chi connectivity index (χ2n) is 7.25. The highest BCUT2D eigenvalue weighted by atomic mass is 32.2. The van der Waals surface area contributed by atoms with Crippen molar-refractivity contribution >= 4 is 22.9 Å². The molecule has 0 bridgehead atoms. The molecule has 2 atom stereocenters. The Morgan fingerprint density at radius 3 is 2.43 bits per heavy atom. The van der Waals surface area contributed by atoms with Gasteiger partial charge in [-0.3, -0.25) is 9.59 Å². The standard InChI is InChI=1S/C18H30N2O2S/c21-17(19-11-4-1-5-12-19)10-14-23-18(22)20-13-6-8-15-7-2-3-9-16(15)20/h15-16H,1-14H2. The first-order chi connectivity index (χ1) is 11.3. The number of hydrogen-bond acceptors (Lipinski definition) is 3. The summed E-state index contributed by atoms with van der Waals surface area (Å²) in [6.07, 6.45) is 11.6. The van der Waals surface area contributed by atoms with Gasteiger partial charge in [0.15, 0.2) is 0 Å². The van der Waals surface area contributed by atoms with Crippen LogP contribution in [0.1, 0.15) is 64.2 Å². The maximum atomic E-state index is 12.6. The molecule has 2 amide bonds. The lowest BCUT2D eigenvalue weighted by Gasteiger charge is -2.43. The Labute approximate surface area is 144 Å². The maximum Gasteiger partial charge on any atom is 0.281 e. The van der Waals surface area contributed by atoms with Crippen molar-refractivity contribution in [2.24, 2.45) is 5.92 Å². The van der Waals surface area contributed by atoms with Crippen LogP contribution in [-0.2, 0) is 4.79 Å². The van der Waals surface area contributed by atoms with E-state index in [4.69, 9.17) is 0 Å². The van der Waals surface area contributed by atoms with Gasteiger partial charge < -0.3 is 9.80 Å². The van der Waals surface area contributed by atoms with E-state index in [9.17, 15) is 9.59 Å². The summed E-state index contributed by atoms with van der Waals surface area (Å²) in [6.45, 7) is 2.74. The van der Waals surface area contributed by atoms with E-state index in [0.29, 0.717) is 18.2 Å². The summed E-state index contributed by atoms with van der Waals surface area (Å²) >= 11 is 1.37. The number of carbonyl (C=O) groups is 2. The summed E-state index contributed by atoms with van der Waals surface area (Å²) in [5.74, 6) is 1.61. The zero-order chi connectivity index (χ0) is 16.1. The highest BCUT2D eigenvalue weighted by Crippen LogP contribution is 2.36. The molecule has 0 spiro atoms. The minimum atomic E-state index is 0.216. The van der Waals surface area contributed by atoms with Crippen LogP contribution in [0.5, 0.6) is 0 Å². The van der Waals surface area contributed by atoms with Crippen molar-refractivity contribution in [2.45, 2.75) is 70.3 Å². The lowest BCUT2D eigenvalue weighted by Crippen LogP contribution is -2.48. The van der Waals surface area contributed by atoms with Crippen molar-refractivity contribution in [3.63, 3.8) is 0 Å². The van der Waals surface area contributed by atoms with Gasteiger partial charge in [0.25, 0.3) is 5.24 Å². The lowest BCUT2D eigenvalue weighted by molar-refractivity contribution is -0.131. The number of amides is 2. The highest BCUT2D eigenvalue weighted by Gasteiger charge is 2.35. The van der Waals surface area contributed by atoms with Crippen molar-refractivity contribution in [3.8, 4) is 0 Å². The van der Waals surface area contributed by atoms with E-state index >= 15 is 0 Å². The Balaban J connectivity index is 1.42. The Morgan fingerprint density at radius 1 is 0.870 bits per heavy atom. The molecule has 0 aromatic carbocycles. The molecule has 4 nitrogen and oxygen atoms in total. The third kappa shape index (κ3) is 4.43. The van der Waals surface area contributed by atoms with Crippen LogP contribution in [0.2, 0.25) is 0 Å². The topological polar surface area (TPSA) is 40.6 Å². The number of carbonyl (C=O) groups excluding carboxylic acids is 2. The van der Waals surface area contributed by atoms with Crippen LogP contribution < -0.4 is 0 Å². The number of nitrogens with zero attached hydrogens (tertiary/aromatic N) is 2. The summed E-state index contributed by atoms with van der Waals surface area (Å²) in [6, 6.07) is 0.482. The van der Waals surface area contributed by atoms with Crippen molar-refractivity contribution in [1.82, 2.24) is 9.80 Å². The number of hydrogen-bond donors (Lipinski definition) is 0. The molecule has 0 aromatic rings. The van der Waals surface area contributed by atoms with Gasteiger partial charge in [0, 0.05) is 37.8 Å². The fraction of sp³-hybridized carbons (Fsp3) is 0.889. The fourth-order valence-corrected chi connectivity index (χ4v) is 5.31. The van der Waals surface area contributed by atoms with Gasteiger partial charge in [-0.15, -0.1) is 0 Å². The van der Waals surface area contributed by atoms with E-state index in [1.165, 1.54) is 50.3 Å². The molecule has 2 aliphatic heterocycles. The summed E-state index contributed by atoms with van der Waals surface area (Å²) in [7, 11) is 0. The monoisotopic (exact) mass is 338 g/mol. The first-order valence-electron chi connectivity index (χ1n) is 9.47. The van der Waals surface area contributed by atoms with Crippen molar-refractivity contribution in [2.75, 3.05) is 25.4 Å². The molecule has 0 aromatic heterocycles. The van der Waals surface area contributed by atoms with Gasteiger partial charge >= 0.3 is 0 Å². The number of piperidine rings is 2. The largest absolute Gasteiger partial charge is 0.343 e. The van der Waals surface area contributed by atoms with Gasteiger partial charge in [-0.05, 0) is 50.9 Å². The zero-order valence-corrected chi connectivity index (χ0v) is 15.0. The number of fused-ring (bicyclic) bond motifs is 1. The van der Waals surface area contributed by atoms with E-state index < -0.39 is 0 Å². The van der Waals surface area contributed by atoms with Crippen LogP contribution in [0.4, 0.5) is 4.79 Å². The van der Waals surface area contributed by atoms with Gasteiger partial charge in [0.2, 0.25) is 5.91 Å². The predicted molar refractivity (Wildman–Crippen MR) is 94.6 cm³/mol. The minimum Gasteiger partial charge on any atom is -0.343 e. The molecule has 2 heterocycles. The summed E-state index contributed by atoms with van der Waals surface area (Å²) in [4.78, 5) is 28.9. The second-order valence-corrected chi connectivity index (χ2v) is 8.30. The molecule has 1 aliphatic carbocycles. The van der Waals surface area contributed by atoms with Crippen LogP contribution in [0.15, 0.2) is 0 Å². The SMILES string of the molecule is O=C(CCSC(=O)N1CCCC2CCCCC21)N1CCCCC1. The van der Waals surface area contributed by atoms with Crippen LogP contribution >= 0.6 is 11.8 Å². The molecule has 3 fully saturated rings. The zero-order valence-electron chi connectivity index (χ0n) is 14.2. The molecular formula is C18H30N2O2S. The number of likely N-dealkylation sites (tertiary alicyclic amines) is 2. The molecule has 1 saturated carbocycles. The average molecular weight is 339 g/mol. The van der Waals surface area contributed by atoms with E-state index in [0.717, 1.165) is 44.8 Å². The molecule has 2 saturated heterocycles. The van der Waals surface area contributed by atoms with Crippen LogP contribution in [0, 0.1) is 5.92 Å². The Hall–Kier alpha value is -0.710. The van der Waals surface area contributed by atoms with Crippen LogP contribution in [0.25, 0.3) is 0 Å². The number of thioether (sulfide) groups is 1. The molecule has 23 heavy (non-hydrogen) atoms. The molecule has 2 unspecified atom stereocenters. The van der Waals surface area contributed by atoms with E-state index in [1.54, 1.807) is 0 Å². The second kappa shape index (κ2) is 8.41. The van der Waals surface area contributed by atoms with E-state index in [-0.39, 0.29) is 11.1 Å². The highest BCUT2D eigenvalue weighted by molar-refractivity contribution is 8.13. The molecule has 3 rings (SSSR count). The minimum absolute atomic E-state index is 0.216. The smallest absolute Gasteiger partial charge is 0.281 e. The fourth-order valence-electron chi connectivity index (χ4n) is 4.46. The van der Waals surface area contributed by atoms with Gasteiger partial charge in [0.05, 0.1) is 0 Å². The van der Waals surface area contributed by atoms with Crippen molar-refractivity contribution in [3.05, 3.63) is 0 Å². The summed E-state index contributed by atoms with van der Waals surface area (Å²) < 4.78 is 0. The van der Waals surface area contributed by atoms with Gasteiger partial charge in [0.1, 0.15) is 0 Å². The first kappa shape index (κ1) is 17.1. The maximum absolute atomic E-state index is 12.6. The van der Waals surface area contributed by atoms with E-state index in [1.807, 2.05) is 4.90 Å². The molecule has 130 valence electrons. The molecular weight excluding hydrogens is 308 g/mol. The summed E-state index contributed by atoms with van der Waals surface area (Å²) in [5.41, 5.74) is 0. The van der Waals surface area contributed by atoms with Crippen molar-refractivity contribution in [1.29, 1.82) is 0 Å². The Kier molecular flexibility index (Phi) is 6.26. The lowest BCUT2D eigenvalue weighted by atomic mass is 9.78. The van der Waals surface area contributed by atoms with Crippen LogP contribution in [0.3, 0.4) is 0 Å². The normalized spacial score (nSPS) is 28.3. The molecule has 0 N–H and O–H groups in total. The van der Waals surface area contributed by atoms with Crippen LogP contribution in [-0.4, -0.2) is 52.4 Å². The Morgan fingerprint density at radius 2 is 1.61 bits per heavy atom. The van der Waals surface area contributed by atoms with Gasteiger partial charge in [-0.25, -0.2) is 0 Å². The number of rotatable bonds is 3. The van der Waals surface area contributed by atoms with Gasteiger partial charge in [-0.2, -0.15) is 0 Å². The third-order valence-corrected chi connectivity index (χ3v) is 6.62. The average Bonchev–Trinajstić information content (AvgIpc) is 2.61. The van der Waals surface area contributed by atoms with Gasteiger partial charge in [-0.1, -0.05) is 24.6 Å². The van der Waals surface area contributed by atoms with Crippen molar-refractivity contribution < 1.29 is 9.59 Å². The third-order valence-electron chi connectivity index (χ3n) is 5.73. The van der Waals surface area contributed by atoms with E-state index in [2.05, 4.69) is 4.90 Å². The predicted octanol–water partition coefficient (Wildman–Crippen LogP) is 3.90.